The van der Waals surface area contributed by atoms with Crippen molar-refractivity contribution in [2.75, 3.05) is 5.43 Å². The first-order chi connectivity index (χ1) is 8.93. The van der Waals surface area contributed by atoms with Crippen LogP contribution in [0.4, 0.5) is 5.69 Å². The van der Waals surface area contributed by atoms with E-state index in [4.69, 9.17) is 5.84 Å². The summed E-state index contributed by atoms with van der Waals surface area (Å²) in [4.78, 5) is 12.2. The molecule has 0 radical (unpaired) electrons. The van der Waals surface area contributed by atoms with Crippen molar-refractivity contribution >= 4 is 11.6 Å². The molecule has 1 amide bonds. The lowest BCUT2D eigenvalue weighted by Gasteiger charge is -2.16. The highest BCUT2D eigenvalue weighted by atomic mass is 16.1. The second kappa shape index (κ2) is 7.14. The molecule has 0 spiro atoms. The Kier molecular flexibility index (Phi) is 5.83. The number of rotatable bonds is 6. The van der Waals surface area contributed by atoms with Crippen LogP contribution in [0.25, 0.3) is 0 Å². The smallest absolute Gasteiger partial charge is 0.253 e. The largest absolute Gasteiger partial charge is 0.350 e. The van der Waals surface area contributed by atoms with Crippen LogP contribution in [-0.4, -0.2) is 11.9 Å². The summed E-state index contributed by atoms with van der Waals surface area (Å²) >= 11 is 0. The normalized spacial score (nSPS) is 12.3. The van der Waals surface area contributed by atoms with E-state index in [-0.39, 0.29) is 11.9 Å². The fourth-order valence-corrected chi connectivity index (χ4v) is 1.93. The summed E-state index contributed by atoms with van der Waals surface area (Å²) in [5.74, 6) is 6.03. The highest BCUT2D eigenvalue weighted by molar-refractivity contribution is 5.99. The van der Waals surface area contributed by atoms with E-state index < -0.39 is 0 Å². The first kappa shape index (κ1) is 15.5. The summed E-state index contributed by atoms with van der Waals surface area (Å²) in [5.41, 5.74) is 4.90. The third-order valence-electron chi connectivity index (χ3n) is 3.13. The molecule has 1 rings (SSSR count). The van der Waals surface area contributed by atoms with Gasteiger partial charge in [-0.25, -0.2) is 0 Å². The fourth-order valence-electron chi connectivity index (χ4n) is 1.93. The average Bonchev–Trinajstić information content (AvgIpc) is 2.35. The predicted molar refractivity (Wildman–Crippen MR) is 80.0 cm³/mol. The molecule has 1 atom stereocenters. The molecular formula is C15H25N3O. The number of hydrogen-bond acceptors (Lipinski definition) is 3. The van der Waals surface area contributed by atoms with Crippen molar-refractivity contribution in [3.8, 4) is 0 Å². The number of nitrogens with one attached hydrogen (secondary N) is 2. The summed E-state index contributed by atoms with van der Waals surface area (Å²) in [6.45, 7) is 8.37. The van der Waals surface area contributed by atoms with Crippen molar-refractivity contribution in [3.05, 3.63) is 29.3 Å². The zero-order valence-corrected chi connectivity index (χ0v) is 12.3. The van der Waals surface area contributed by atoms with E-state index in [1.54, 1.807) is 6.07 Å². The lowest BCUT2D eigenvalue weighted by molar-refractivity contribution is 0.0938. The van der Waals surface area contributed by atoms with Gasteiger partial charge in [-0.1, -0.05) is 19.9 Å². The number of carbonyl (C=O) groups is 1. The van der Waals surface area contributed by atoms with Crippen LogP contribution in [0.2, 0.25) is 0 Å². The van der Waals surface area contributed by atoms with Crippen molar-refractivity contribution in [1.29, 1.82) is 0 Å². The zero-order valence-electron chi connectivity index (χ0n) is 12.3. The monoisotopic (exact) mass is 263 g/mol. The lowest BCUT2D eigenvalue weighted by Crippen LogP contribution is -2.33. The number of aryl methyl sites for hydroxylation is 1. The number of amides is 1. The number of anilines is 1. The summed E-state index contributed by atoms with van der Waals surface area (Å²) in [5, 5.41) is 3.01. The molecule has 19 heavy (non-hydrogen) atoms. The number of hydrazine groups is 1. The summed E-state index contributed by atoms with van der Waals surface area (Å²) in [6.07, 6.45) is 2.10. The Morgan fingerprint density at radius 1 is 1.26 bits per heavy atom. The number of benzene rings is 1. The van der Waals surface area contributed by atoms with Crippen LogP contribution in [0.1, 0.15) is 49.5 Å². The maximum absolute atomic E-state index is 12.2. The lowest BCUT2D eigenvalue weighted by atomic mass is 10.0. The standard InChI is InChI=1S/C15H25N3O/c1-10(2)5-7-12(4)17-15(19)13-8-6-11(3)9-14(13)18-16/h6,8-10,12,18H,5,7,16H2,1-4H3,(H,17,19). The van der Waals surface area contributed by atoms with Gasteiger partial charge in [0, 0.05) is 6.04 Å². The molecule has 0 aromatic heterocycles. The van der Waals surface area contributed by atoms with E-state index in [1.807, 2.05) is 26.0 Å². The quantitative estimate of drug-likeness (QED) is 0.546. The Bertz CT molecular complexity index is 429. The van der Waals surface area contributed by atoms with Crippen molar-refractivity contribution in [2.45, 2.75) is 46.6 Å². The van der Waals surface area contributed by atoms with Crippen molar-refractivity contribution < 1.29 is 4.79 Å². The number of carbonyl (C=O) groups excluding carboxylic acids is 1. The summed E-state index contributed by atoms with van der Waals surface area (Å²) in [6, 6.07) is 5.75. The van der Waals surface area contributed by atoms with E-state index in [9.17, 15) is 4.79 Å². The first-order valence-corrected chi connectivity index (χ1v) is 6.82. The Balaban J connectivity index is 2.67. The number of hydrogen-bond donors (Lipinski definition) is 3. The van der Waals surface area contributed by atoms with Crippen LogP contribution in [0.5, 0.6) is 0 Å². The van der Waals surface area contributed by atoms with Gasteiger partial charge in [0.2, 0.25) is 0 Å². The highest BCUT2D eigenvalue weighted by Gasteiger charge is 2.13. The van der Waals surface area contributed by atoms with E-state index in [0.29, 0.717) is 17.2 Å². The number of nitrogens with two attached hydrogens (primary N) is 1. The van der Waals surface area contributed by atoms with Crippen molar-refractivity contribution in [2.24, 2.45) is 11.8 Å². The molecule has 106 valence electrons. The molecule has 0 fully saturated rings. The minimum absolute atomic E-state index is 0.0794. The molecule has 0 saturated heterocycles. The van der Waals surface area contributed by atoms with Gasteiger partial charge in [0.1, 0.15) is 0 Å². The second-order valence-corrected chi connectivity index (χ2v) is 5.54. The maximum Gasteiger partial charge on any atom is 0.253 e. The molecule has 0 aliphatic heterocycles. The molecule has 0 saturated carbocycles. The average molecular weight is 263 g/mol. The third-order valence-corrected chi connectivity index (χ3v) is 3.13. The van der Waals surface area contributed by atoms with Crippen LogP contribution in [0.3, 0.4) is 0 Å². The SMILES string of the molecule is Cc1ccc(C(=O)NC(C)CCC(C)C)c(NN)c1. The number of nitrogen functional groups attached to an aromatic ring is 1. The van der Waals surface area contributed by atoms with Gasteiger partial charge in [0.05, 0.1) is 11.3 Å². The van der Waals surface area contributed by atoms with Crippen LogP contribution in [-0.2, 0) is 0 Å². The van der Waals surface area contributed by atoms with Gasteiger partial charge in [0.25, 0.3) is 5.91 Å². The minimum atomic E-state index is -0.0794. The fraction of sp³-hybridized carbons (Fsp3) is 0.533. The molecule has 4 nitrogen and oxygen atoms in total. The van der Waals surface area contributed by atoms with E-state index >= 15 is 0 Å². The van der Waals surface area contributed by atoms with Gasteiger partial charge in [0.15, 0.2) is 0 Å². The van der Waals surface area contributed by atoms with E-state index in [2.05, 4.69) is 24.6 Å². The van der Waals surface area contributed by atoms with Crippen LogP contribution < -0.4 is 16.6 Å². The molecule has 1 aromatic carbocycles. The summed E-state index contributed by atoms with van der Waals surface area (Å²) in [7, 11) is 0. The van der Waals surface area contributed by atoms with Gasteiger partial charge in [-0.3, -0.25) is 10.6 Å². The molecule has 4 N–H and O–H groups in total. The van der Waals surface area contributed by atoms with Crippen LogP contribution >= 0.6 is 0 Å². The molecule has 4 heteroatoms. The van der Waals surface area contributed by atoms with E-state index in [0.717, 1.165) is 18.4 Å². The molecule has 0 aliphatic rings. The Labute approximate surface area is 115 Å². The van der Waals surface area contributed by atoms with Gasteiger partial charge in [-0.2, -0.15) is 0 Å². The first-order valence-electron chi connectivity index (χ1n) is 6.82. The molecule has 0 bridgehead atoms. The predicted octanol–water partition coefficient (Wildman–Crippen LogP) is 2.84. The second-order valence-electron chi connectivity index (χ2n) is 5.54. The zero-order chi connectivity index (χ0) is 14.4. The highest BCUT2D eigenvalue weighted by Crippen LogP contribution is 2.17. The molecular weight excluding hydrogens is 238 g/mol. The Morgan fingerprint density at radius 3 is 2.53 bits per heavy atom. The Hall–Kier alpha value is -1.55. The van der Waals surface area contributed by atoms with Crippen molar-refractivity contribution in [3.63, 3.8) is 0 Å². The maximum atomic E-state index is 12.2. The van der Waals surface area contributed by atoms with Gasteiger partial charge < -0.3 is 10.7 Å². The van der Waals surface area contributed by atoms with Gasteiger partial charge in [-0.05, 0) is 50.3 Å². The molecule has 1 unspecified atom stereocenters. The van der Waals surface area contributed by atoms with E-state index in [1.165, 1.54) is 0 Å². The Morgan fingerprint density at radius 2 is 1.95 bits per heavy atom. The van der Waals surface area contributed by atoms with Crippen molar-refractivity contribution in [1.82, 2.24) is 5.32 Å². The third kappa shape index (κ3) is 4.91. The minimum Gasteiger partial charge on any atom is -0.350 e. The van der Waals surface area contributed by atoms with Crippen LogP contribution in [0, 0.1) is 12.8 Å². The van der Waals surface area contributed by atoms with Gasteiger partial charge in [-0.15, -0.1) is 0 Å². The van der Waals surface area contributed by atoms with Crippen LogP contribution in [0.15, 0.2) is 18.2 Å². The molecule has 0 aliphatic carbocycles. The molecule has 1 aromatic rings. The summed E-state index contributed by atoms with van der Waals surface area (Å²) < 4.78 is 0. The topological polar surface area (TPSA) is 67.2 Å². The molecule has 0 heterocycles. The van der Waals surface area contributed by atoms with Gasteiger partial charge >= 0.3 is 0 Å².